The summed E-state index contributed by atoms with van der Waals surface area (Å²) in [5, 5.41) is 10.1. The number of carboxylic acids is 1. The van der Waals surface area contributed by atoms with Gasteiger partial charge in [0.2, 0.25) is 0 Å². The molecule has 6 nitrogen and oxygen atoms in total. The van der Waals surface area contributed by atoms with Gasteiger partial charge in [-0.05, 0) is 63.6 Å². The van der Waals surface area contributed by atoms with Crippen LogP contribution in [0.1, 0.15) is 65.6 Å². The molecule has 3 atom stereocenters. The highest BCUT2D eigenvalue weighted by atomic mass is 32.1. The molecule has 0 spiro atoms. The van der Waals surface area contributed by atoms with Gasteiger partial charge in [0.15, 0.2) is 4.96 Å². The highest BCUT2D eigenvalue weighted by Gasteiger charge is 2.42. The molecule has 4 heterocycles. The minimum absolute atomic E-state index is 0.334. The Balaban J connectivity index is 1.15. The number of aryl methyl sites for hydroxylation is 2. The summed E-state index contributed by atoms with van der Waals surface area (Å²) in [4.78, 5) is 24.2. The van der Waals surface area contributed by atoms with Gasteiger partial charge in [-0.1, -0.05) is 42.7 Å². The zero-order chi connectivity index (χ0) is 24.8. The number of fused-ring (bicyclic) bond motifs is 1. The van der Waals surface area contributed by atoms with E-state index in [1.165, 1.54) is 34.5 Å². The Hall–Kier alpha value is -2.22. The van der Waals surface area contributed by atoms with Crippen molar-refractivity contribution in [2.75, 3.05) is 32.7 Å². The maximum atomic E-state index is 12.2. The number of benzene rings is 1. The zero-order valence-electron chi connectivity index (χ0n) is 21.5. The van der Waals surface area contributed by atoms with Gasteiger partial charge in [-0.2, -0.15) is 0 Å². The molecule has 0 amide bonds. The molecular formula is C29H38N4O2S. The number of thiazole rings is 1. The van der Waals surface area contributed by atoms with Crippen molar-refractivity contribution in [3.63, 3.8) is 0 Å². The molecule has 192 valence electrons. The summed E-state index contributed by atoms with van der Waals surface area (Å²) >= 11 is 1.76. The van der Waals surface area contributed by atoms with E-state index in [9.17, 15) is 9.90 Å². The van der Waals surface area contributed by atoms with Gasteiger partial charge in [-0.3, -0.25) is 14.1 Å². The molecule has 3 unspecified atom stereocenters. The summed E-state index contributed by atoms with van der Waals surface area (Å²) in [5.41, 5.74) is 4.03. The van der Waals surface area contributed by atoms with Gasteiger partial charge in [0, 0.05) is 48.2 Å². The molecule has 6 rings (SSSR count). The fraction of sp³-hybridized carbons (Fsp3) is 0.586. The predicted molar refractivity (Wildman–Crippen MR) is 144 cm³/mol. The molecule has 1 aliphatic carbocycles. The summed E-state index contributed by atoms with van der Waals surface area (Å²) in [5.74, 6) is 1.40. The molecule has 2 aromatic heterocycles. The minimum atomic E-state index is -0.637. The standard InChI is InChI=1S/C29H38N4O2S/c1-19-4-3-5-23(12-19)25-18-32(26(28(34)35)13-21-6-7-21)17-24(25)16-31-10-8-22(9-11-31)27-14-30-29-33(27)15-20(2)36-29/h3-5,12,14-15,21-22,24-26H,6-11,13,16-18H2,1-2H3,(H,34,35). The number of carboxylic acid groups (broad SMARTS) is 1. The summed E-state index contributed by atoms with van der Waals surface area (Å²) in [7, 11) is 0. The van der Waals surface area contributed by atoms with E-state index >= 15 is 0 Å². The van der Waals surface area contributed by atoms with Crippen LogP contribution in [0.15, 0.2) is 36.7 Å². The second kappa shape index (κ2) is 9.92. The lowest BCUT2D eigenvalue weighted by atomic mass is 9.86. The molecule has 3 aliphatic rings. The van der Waals surface area contributed by atoms with Gasteiger partial charge in [0.25, 0.3) is 0 Å². The maximum absolute atomic E-state index is 12.2. The van der Waals surface area contributed by atoms with Gasteiger partial charge in [0.05, 0.1) is 6.20 Å². The van der Waals surface area contributed by atoms with Gasteiger partial charge >= 0.3 is 5.97 Å². The molecular weight excluding hydrogens is 468 g/mol. The van der Waals surface area contributed by atoms with Crippen LogP contribution in [-0.4, -0.2) is 69.0 Å². The number of hydrogen-bond acceptors (Lipinski definition) is 5. The van der Waals surface area contributed by atoms with Gasteiger partial charge in [0.1, 0.15) is 6.04 Å². The van der Waals surface area contributed by atoms with E-state index in [1.807, 2.05) is 0 Å². The third-order valence-corrected chi connectivity index (χ3v) is 9.68. The lowest BCUT2D eigenvalue weighted by Gasteiger charge is -2.34. The number of carbonyl (C=O) groups is 1. The van der Waals surface area contributed by atoms with E-state index in [0.29, 0.717) is 23.7 Å². The number of likely N-dealkylation sites (tertiary alicyclic amines) is 2. The highest BCUT2D eigenvalue weighted by molar-refractivity contribution is 7.16. The third kappa shape index (κ3) is 4.98. The molecule has 2 saturated heterocycles. The smallest absolute Gasteiger partial charge is 0.320 e. The first-order valence-electron chi connectivity index (χ1n) is 13.6. The number of imidazole rings is 1. The molecule has 0 radical (unpaired) electrons. The number of rotatable bonds is 8. The lowest BCUT2D eigenvalue weighted by molar-refractivity contribution is -0.143. The first-order valence-corrected chi connectivity index (χ1v) is 14.5. The summed E-state index contributed by atoms with van der Waals surface area (Å²) in [6.45, 7) is 9.31. The number of piperidine rings is 1. The molecule has 7 heteroatoms. The van der Waals surface area contributed by atoms with Crippen LogP contribution in [0.25, 0.3) is 4.96 Å². The Morgan fingerprint density at radius 3 is 2.69 bits per heavy atom. The molecule has 0 bridgehead atoms. The quantitative estimate of drug-likeness (QED) is 0.457. The van der Waals surface area contributed by atoms with Crippen LogP contribution in [0.4, 0.5) is 0 Å². The fourth-order valence-corrected chi connectivity index (χ4v) is 7.46. The van der Waals surface area contributed by atoms with E-state index in [2.05, 4.69) is 69.7 Å². The number of aromatic nitrogens is 2. The number of nitrogens with zero attached hydrogens (tertiary/aromatic N) is 4. The van der Waals surface area contributed by atoms with Crippen LogP contribution >= 0.6 is 11.3 Å². The number of hydrogen-bond donors (Lipinski definition) is 1. The van der Waals surface area contributed by atoms with Crippen LogP contribution < -0.4 is 0 Å². The van der Waals surface area contributed by atoms with Crippen molar-refractivity contribution in [1.82, 2.24) is 19.2 Å². The van der Waals surface area contributed by atoms with Crippen LogP contribution in [0.2, 0.25) is 0 Å². The largest absolute Gasteiger partial charge is 0.480 e. The van der Waals surface area contributed by atoms with E-state index < -0.39 is 5.97 Å². The molecule has 1 saturated carbocycles. The van der Waals surface area contributed by atoms with Crippen molar-refractivity contribution in [2.24, 2.45) is 11.8 Å². The number of aliphatic carboxylic acids is 1. The van der Waals surface area contributed by atoms with Crippen LogP contribution in [-0.2, 0) is 4.79 Å². The van der Waals surface area contributed by atoms with E-state index in [-0.39, 0.29) is 6.04 Å². The average molecular weight is 507 g/mol. The Kier molecular flexibility index (Phi) is 6.65. The Morgan fingerprint density at radius 2 is 1.97 bits per heavy atom. The van der Waals surface area contributed by atoms with E-state index in [4.69, 9.17) is 0 Å². The van der Waals surface area contributed by atoms with Crippen LogP contribution in [0.3, 0.4) is 0 Å². The van der Waals surface area contributed by atoms with Gasteiger partial charge in [-0.15, -0.1) is 11.3 Å². The van der Waals surface area contributed by atoms with Crippen molar-refractivity contribution in [2.45, 2.75) is 63.8 Å². The normalized spacial score (nSPS) is 25.1. The SMILES string of the molecule is Cc1cccc(C2CN(C(CC3CC3)C(=O)O)CC2CN2CCC(c3cnc4sc(C)cn34)CC2)c1. The lowest BCUT2D eigenvalue weighted by Crippen LogP contribution is -2.41. The Morgan fingerprint density at radius 1 is 1.17 bits per heavy atom. The van der Waals surface area contributed by atoms with Crippen molar-refractivity contribution < 1.29 is 9.90 Å². The van der Waals surface area contributed by atoms with Crippen LogP contribution in [0.5, 0.6) is 0 Å². The van der Waals surface area contributed by atoms with E-state index in [0.717, 1.165) is 56.9 Å². The van der Waals surface area contributed by atoms with Crippen molar-refractivity contribution >= 4 is 22.3 Å². The zero-order valence-corrected chi connectivity index (χ0v) is 22.3. The van der Waals surface area contributed by atoms with Crippen LogP contribution in [0, 0.1) is 25.7 Å². The Bertz CT molecular complexity index is 1220. The highest BCUT2D eigenvalue weighted by Crippen LogP contribution is 2.40. The molecule has 3 fully saturated rings. The Labute approximate surface area is 217 Å². The third-order valence-electron chi connectivity index (χ3n) is 8.77. The van der Waals surface area contributed by atoms with Crippen molar-refractivity contribution in [3.05, 3.63) is 58.4 Å². The molecule has 3 aromatic rings. The van der Waals surface area contributed by atoms with E-state index in [1.54, 1.807) is 11.3 Å². The molecule has 1 N–H and O–H groups in total. The molecule has 1 aromatic carbocycles. The van der Waals surface area contributed by atoms with Crippen molar-refractivity contribution in [3.8, 4) is 0 Å². The average Bonchev–Trinajstić information content (AvgIpc) is 3.28. The fourth-order valence-electron chi connectivity index (χ4n) is 6.66. The van der Waals surface area contributed by atoms with Crippen molar-refractivity contribution in [1.29, 1.82) is 0 Å². The summed E-state index contributed by atoms with van der Waals surface area (Å²) in [6.07, 6.45) is 9.85. The second-order valence-electron chi connectivity index (χ2n) is 11.5. The second-order valence-corrected chi connectivity index (χ2v) is 12.7. The first kappa shape index (κ1) is 24.1. The minimum Gasteiger partial charge on any atom is -0.480 e. The monoisotopic (exact) mass is 506 g/mol. The first-order chi connectivity index (χ1) is 17.4. The predicted octanol–water partition coefficient (Wildman–Crippen LogP) is 5.16. The summed E-state index contributed by atoms with van der Waals surface area (Å²) < 4.78 is 2.30. The van der Waals surface area contributed by atoms with Gasteiger partial charge in [-0.25, -0.2) is 4.98 Å². The molecule has 36 heavy (non-hydrogen) atoms. The maximum Gasteiger partial charge on any atom is 0.320 e. The summed E-state index contributed by atoms with van der Waals surface area (Å²) in [6, 6.07) is 8.56. The van der Waals surface area contributed by atoms with Gasteiger partial charge < -0.3 is 10.0 Å². The topological polar surface area (TPSA) is 61.1 Å². The molecule has 2 aliphatic heterocycles.